The van der Waals surface area contributed by atoms with Crippen LogP contribution in [0.1, 0.15) is 6.42 Å². The van der Waals surface area contributed by atoms with Crippen molar-refractivity contribution in [2.75, 3.05) is 13.2 Å². The van der Waals surface area contributed by atoms with Gasteiger partial charge in [0.25, 0.3) is 0 Å². The molecule has 0 bridgehead atoms. The fourth-order valence-electron chi connectivity index (χ4n) is 3.16. The minimum absolute atomic E-state index is 0.552. The minimum atomic E-state index is -5.16. The van der Waals surface area contributed by atoms with Gasteiger partial charge in [-0.15, -0.1) is 0 Å². The molecule has 2 saturated heterocycles. The van der Waals surface area contributed by atoms with Crippen LogP contribution in [0.4, 0.5) is 0 Å². The molecule has 2 heterocycles. The predicted molar refractivity (Wildman–Crippen MR) is 99.9 cm³/mol. The van der Waals surface area contributed by atoms with Crippen LogP contribution in [0.5, 0.6) is 0 Å². The van der Waals surface area contributed by atoms with Gasteiger partial charge in [-0.3, -0.25) is 13.7 Å². The highest BCUT2D eigenvalue weighted by Gasteiger charge is 2.50. The quantitative estimate of drug-likeness (QED) is 0.123. The molecular formula is C12H21NO18S3. The molecule has 2 fully saturated rings. The van der Waals surface area contributed by atoms with Crippen LogP contribution >= 0.6 is 0 Å². The highest BCUT2D eigenvalue weighted by molar-refractivity contribution is 7.83. The van der Waals surface area contributed by atoms with Crippen LogP contribution in [-0.2, 0) is 58.5 Å². The zero-order valence-electron chi connectivity index (χ0n) is 16.5. The Morgan fingerprint density at radius 2 is 1.65 bits per heavy atom. The van der Waals surface area contributed by atoms with E-state index in [9.17, 15) is 45.4 Å². The molecule has 0 aromatic heterocycles. The van der Waals surface area contributed by atoms with Crippen molar-refractivity contribution in [3.63, 3.8) is 0 Å². The third kappa shape index (κ3) is 8.83. The van der Waals surface area contributed by atoms with Crippen LogP contribution in [0.2, 0.25) is 0 Å². The molecule has 22 heteroatoms. The van der Waals surface area contributed by atoms with Gasteiger partial charge in [-0.1, -0.05) is 0 Å². The topological polar surface area (TPSA) is 299 Å². The maximum atomic E-state index is 11.5. The van der Waals surface area contributed by atoms with Gasteiger partial charge in [-0.2, -0.15) is 30.0 Å². The number of nitrogens with one attached hydrogen (secondary N) is 1. The Balaban J connectivity index is 2.33. The smallest absolute Gasteiger partial charge is 0.397 e. The molecular weight excluding hydrogens is 542 g/mol. The van der Waals surface area contributed by atoms with Gasteiger partial charge in [0.2, 0.25) is 0 Å². The lowest BCUT2D eigenvalue weighted by Gasteiger charge is -2.43. The monoisotopic (exact) mass is 563 g/mol. The zero-order valence-corrected chi connectivity index (χ0v) is 19.0. The van der Waals surface area contributed by atoms with E-state index in [1.165, 1.54) is 4.72 Å². The summed E-state index contributed by atoms with van der Waals surface area (Å²) in [6.07, 6.45) is -14.1. The first-order valence-corrected chi connectivity index (χ1v) is 13.1. The molecule has 0 amide bonds. The van der Waals surface area contributed by atoms with Crippen molar-refractivity contribution in [2.45, 2.75) is 55.4 Å². The van der Waals surface area contributed by atoms with Gasteiger partial charge < -0.3 is 29.5 Å². The van der Waals surface area contributed by atoms with E-state index in [1.807, 2.05) is 0 Å². The number of aliphatic hydroxyl groups is 2. The Bertz CT molecular complexity index is 1040. The highest BCUT2D eigenvalue weighted by Crippen LogP contribution is 2.29. The van der Waals surface area contributed by atoms with E-state index >= 15 is 0 Å². The van der Waals surface area contributed by atoms with Crippen LogP contribution in [0.3, 0.4) is 0 Å². The number of ether oxygens (including phenoxy) is 3. The van der Waals surface area contributed by atoms with Crippen LogP contribution in [-0.4, -0.2) is 122 Å². The number of hydrogen-bond donors (Lipinski definition) is 7. The van der Waals surface area contributed by atoms with Crippen molar-refractivity contribution in [3.05, 3.63) is 0 Å². The molecule has 7 N–H and O–H groups in total. The maximum absolute atomic E-state index is 11.5. The molecule has 0 saturated carbocycles. The first kappa shape index (κ1) is 29.1. The van der Waals surface area contributed by atoms with Crippen molar-refractivity contribution in [2.24, 2.45) is 0 Å². The van der Waals surface area contributed by atoms with E-state index < -0.39 is 106 Å². The number of carboxylic acids is 1. The van der Waals surface area contributed by atoms with Crippen molar-refractivity contribution >= 4 is 37.1 Å². The summed E-state index contributed by atoms with van der Waals surface area (Å²) in [5.41, 5.74) is 0. The van der Waals surface area contributed by atoms with Crippen LogP contribution < -0.4 is 4.72 Å². The molecule has 4 unspecified atom stereocenters. The van der Waals surface area contributed by atoms with Gasteiger partial charge in [-0.25, -0.2) is 13.2 Å². The van der Waals surface area contributed by atoms with Gasteiger partial charge in [0.05, 0.1) is 25.4 Å². The molecule has 0 aromatic rings. The fourth-order valence-corrected chi connectivity index (χ4v) is 4.58. The molecule has 0 radical (unpaired) electrons. The molecule has 2 aliphatic heterocycles. The van der Waals surface area contributed by atoms with Crippen molar-refractivity contribution in [1.82, 2.24) is 4.72 Å². The first-order valence-electron chi connectivity index (χ1n) is 8.90. The summed E-state index contributed by atoms with van der Waals surface area (Å²) in [6.45, 7) is -1.79. The maximum Gasteiger partial charge on any atom is 0.397 e. The molecule has 19 nitrogen and oxygen atoms in total. The largest absolute Gasteiger partial charge is 0.479 e. The molecule has 8 atom stereocenters. The lowest BCUT2D eigenvalue weighted by Crippen LogP contribution is -2.63. The number of aliphatic carboxylic acids is 1. The highest BCUT2D eigenvalue weighted by atomic mass is 32.3. The Morgan fingerprint density at radius 1 is 1.03 bits per heavy atom. The molecule has 200 valence electrons. The zero-order chi connectivity index (χ0) is 26.1. The Kier molecular flexibility index (Phi) is 9.31. The summed E-state index contributed by atoms with van der Waals surface area (Å²) in [5.74, 6) is -1.75. The molecule has 2 aliphatic rings. The third-order valence-corrected chi connectivity index (χ3v) is 5.96. The summed E-state index contributed by atoms with van der Waals surface area (Å²) in [4.78, 5) is 11.5. The number of hydrogen-bond acceptors (Lipinski definition) is 14. The Labute approximate surface area is 192 Å². The second-order valence-corrected chi connectivity index (χ2v) is 10.3. The van der Waals surface area contributed by atoms with E-state index in [2.05, 4.69) is 8.37 Å². The molecule has 0 aromatic carbocycles. The van der Waals surface area contributed by atoms with E-state index in [0.717, 1.165) is 0 Å². The van der Waals surface area contributed by atoms with E-state index in [4.69, 9.17) is 27.9 Å². The summed E-state index contributed by atoms with van der Waals surface area (Å²) in [7, 11) is -15.2. The fraction of sp³-hybridized carbons (Fsp3) is 0.917. The van der Waals surface area contributed by atoms with E-state index in [1.54, 1.807) is 0 Å². The minimum Gasteiger partial charge on any atom is -0.479 e. The van der Waals surface area contributed by atoms with Crippen LogP contribution in [0.25, 0.3) is 0 Å². The van der Waals surface area contributed by atoms with Gasteiger partial charge in [0, 0.05) is 6.42 Å². The molecule has 34 heavy (non-hydrogen) atoms. The summed E-state index contributed by atoms with van der Waals surface area (Å²) in [6, 6.07) is -1.89. The van der Waals surface area contributed by atoms with Crippen molar-refractivity contribution in [1.29, 1.82) is 0 Å². The number of rotatable bonds is 10. The summed E-state index contributed by atoms with van der Waals surface area (Å²) < 4.78 is 118. The van der Waals surface area contributed by atoms with Gasteiger partial charge in [-0.05, 0) is 0 Å². The SMILES string of the molecule is O=C(O)C1OCC(OS(=O)(=O)O)[C@H](O)[C@H]1O[C@@H]1OC(COS(=O)(=O)O)C[C@@H](O)C1NS(=O)(=O)O. The first-order chi connectivity index (χ1) is 15.4. The van der Waals surface area contributed by atoms with E-state index in [0.29, 0.717) is 0 Å². The third-order valence-electron chi connectivity index (χ3n) is 4.46. The van der Waals surface area contributed by atoms with Gasteiger partial charge in [0.1, 0.15) is 24.4 Å². The summed E-state index contributed by atoms with van der Waals surface area (Å²) in [5, 5.41) is 30.0. The van der Waals surface area contributed by atoms with Crippen LogP contribution in [0, 0.1) is 0 Å². The molecule has 0 aliphatic carbocycles. The molecule has 2 rings (SSSR count). The molecule has 0 spiro atoms. The lowest BCUT2D eigenvalue weighted by atomic mass is 9.98. The van der Waals surface area contributed by atoms with Crippen LogP contribution in [0.15, 0.2) is 0 Å². The van der Waals surface area contributed by atoms with Gasteiger partial charge >= 0.3 is 37.1 Å². The van der Waals surface area contributed by atoms with Crippen molar-refractivity contribution < 1.29 is 81.6 Å². The average molecular weight is 563 g/mol. The lowest BCUT2D eigenvalue weighted by molar-refractivity contribution is -0.291. The normalized spacial score (nSPS) is 35.7. The summed E-state index contributed by atoms with van der Waals surface area (Å²) >= 11 is 0. The number of carbonyl (C=O) groups is 1. The number of carboxylic acid groups (broad SMARTS) is 1. The standard InChI is InChI=1S/C12H21NO18S3/c14-5-1-4(2-28-33(21,22)23)29-12(7(5)13-32(18,19)20)30-9-8(15)6(31-34(24,25)26)3-27-10(9)11(16)17/h4-10,12-15H,1-3H2,(H,16,17)(H,18,19,20)(H,21,22,23)(H,24,25,26)/t4?,5-,6?,7?,8+,9-,10?,12+/m1/s1. The predicted octanol–water partition coefficient (Wildman–Crippen LogP) is -4.54. The number of aliphatic hydroxyl groups excluding tert-OH is 2. The Morgan fingerprint density at radius 3 is 2.15 bits per heavy atom. The average Bonchev–Trinajstić information content (AvgIpc) is 2.63. The Hall–Kier alpha value is -1.12. The van der Waals surface area contributed by atoms with E-state index in [-0.39, 0.29) is 0 Å². The van der Waals surface area contributed by atoms with Gasteiger partial charge in [0.15, 0.2) is 12.4 Å². The van der Waals surface area contributed by atoms with Crippen molar-refractivity contribution in [3.8, 4) is 0 Å². The second kappa shape index (κ2) is 10.9. The second-order valence-electron chi connectivity index (χ2n) is 7.01.